The highest BCUT2D eigenvalue weighted by Crippen LogP contribution is 2.41. The third-order valence-electron chi connectivity index (χ3n) is 4.57. The molecule has 0 unspecified atom stereocenters. The van der Waals surface area contributed by atoms with Gasteiger partial charge in [-0.3, -0.25) is 9.78 Å². The predicted octanol–water partition coefficient (Wildman–Crippen LogP) is 0.252. The Morgan fingerprint density at radius 2 is 2.30 bits per heavy atom. The first kappa shape index (κ1) is 16.4. The van der Waals surface area contributed by atoms with E-state index in [1.807, 2.05) is 0 Å². The number of nitrogens with one attached hydrogen (secondary N) is 1. The largest absolute Gasteiger partial charge is 0.371 e. The topological polar surface area (TPSA) is 88.6 Å². The normalized spacial score (nSPS) is 23.0. The van der Waals surface area contributed by atoms with E-state index < -0.39 is 10.0 Å². The number of hydrogen-bond donors (Lipinski definition) is 1. The zero-order valence-electron chi connectivity index (χ0n) is 13.1. The number of carbonyl (C=O) groups is 1. The molecule has 1 N–H and O–H groups in total. The Morgan fingerprint density at radius 1 is 1.52 bits per heavy atom. The number of sulfonamides is 1. The minimum atomic E-state index is -3.16. The first-order valence-electron chi connectivity index (χ1n) is 7.67. The van der Waals surface area contributed by atoms with Gasteiger partial charge in [-0.2, -0.15) is 0 Å². The highest BCUT2D eigenvalue weighted by molar-refractivity contribution is 7.88. The monoisotopic (exact) mass is 339 g/mol. The number of rotatable bonds is 5. The summed E-state index contributed by atoms with van der Waals surface area (Å²) in [4.78, 5) is 18.1. The second-order valence-electron chi connectivity index (χ2n) is 6.26. The summed E-state index contributed by atoms with van der Waals surface area (Å²) in [5, 5.41) is 0. The Bertz CT molecular complexity index is 671. The van der Waals surface area contributed by atoms with Crippen LogP contribution in [0.15, 0.2) is 24.5 Å². The first-order valence-corrected chi connectivity index (χ1v) is 9.57. The molecule has 2 aliphatic rings. The molecular formula is C15H21N3O4S. The van der Waals surface area contributed by atoms with Gasteiger partial charge < -0.3 is 9.64 Å². The summed E-state index contributed by atoms with van der Waals surface area (Å²) in [7, 11) is -3.16. The molecule has 126 valence electrons. The van der Waals surface area contributed by atoms with Crippen molar-refractivity contribution in [3.8, 4) is 0 Å². The Labute approximate surface area is 136 Å². The lowest BCUT2D eigenvalue weighted by Crippen LogP contribution is -2.66. The lowest BCUT2D eigenvalue weighted by Gasteiger charge is -2.50. The first-order chi connectivity index (χ1) is 10.9. The molecule has 8 heteroatoms. The molecule has 23 heavy (non-hydrogen) atoms. The van der Waals surface area contributed by atoms with Gasteiger partial charge in [0.15, 0.2) is 0 Å². The third kappa shape index (κ3) is 3.54. The van der Waals surface area contributed by atoms with Crippen LogP contribution in [0.4, 0.5) is 0 Å². The van der Waals surface area contributed by atoms with Crippen molar-refractivity contribution in [2.45, 2.75) is 18.4 Å². The lowest BCUT2D eigenvalue weighted by atomic mass is 9.78. The van der Waals surface area contributed by atoms with Gasteiger partial charge in [-0.25, -0.2) is 13.1 Å². The SMILES string of the molecule is CS(=O)(=O)NCC[C@H]1CCOC12CN(C(=O)c1cccnc1)C2. The van der Waals surface area contributed by atoms with Crippen LogP contribution in [0.3, 0.4) is 0 Å². The van der Waals surface area contributed by atoms with Gasteiger partial charge >= 0.3 is 0 Å². The van der Waals surface area contributed by atoms with Crippen LogP contribution in [0, 0.1) is 5.92 Å². The van der Waals surface area contributed by atoms with Gasteiger partial charge in [0, 0.05) is 25.5 Å². The molecule has 1 amide bonds. The molecule has 3 rings (SSSR count). The minimum absolute atomic E-state index is 0.0350. The number of hydrogen-bond acceptors (Lipinski definition) is 5. The summed E-state index contributed by atoms with van der Waals surface area (Å²) in [5.74, 6) is 0.238. The summed E-state index contributed by atoms with van der Waals surface area (Å²) in [5.41, 5.74) is 0.271. The summed E-state index contributed by atoms with van der Waals surface area (Å²) < 4.78 is 30.7. The fourth-order valence-electron chi connectivity index (χ4n) is 3.38. The average molecular weight is 339 g/mol. The number of likely N-dealkylation sites (tertiary alicyclic amines) is 1. The summed E-state index contributed by atoms with van der Waals surface area (Å²) >= 11 is 0. The molecule has 0 aromatic carbocycles. The third-order valence-corrected chi connectivity index (χ3v) is 5.30. The fourth-order valence-corrected chi connectivity index (χ4v) is 3.86. The highest BCUT2D eigenvalue weighted by atomic mass is 32.2. The van der Waals surface area contributed by atoms with Crippen molar-refractivity contribution in [2.24, 2.45) is 5.92 Å². The van der Waals surface area contributed by atoms with Crippen LogP contribution < -0.4 is 4.72 Å². The Hall–Kier alpha value is -1.51. The molecule has 1 spiro atoms. The van der Waals surface area contributed by atoms with Crippen LogP contribution in [0.1, 0.15) is 23.2 Å². The van der Waals surface area contributed by atoms with Crippen LogP contribution in [-0.2, 0) is 14.8 Å². The van der Waals surface area contributed by atoms with Gasteiger partial charge in [0.05, 0.1) is 24.9 Å². The van der Waals surface area contributed by atoms with Crippen LogP contribution in [0.5, 0.6) is 0 Å². The number of aromatic nitrogens is 1. The number of nitrogens with zero attached hydrogens (tertiary/aromatic N) is 2. The second kappa shape index (κ2) is 6.18. The molecule has 2 aliphatic heterocycles. The second-order valence-corrected chi connectivity index (χ2v) is 8.09. The quantitative estimate of drug-likeness (QED) is 0.831. The minimum Gasteiger partial charge on any atom is -0.371 e. The number of pyridine rings is 1. The molecule has 2 saturated heterocycles. The number of ether oxygens (including phenoxy) is 1. The van der Waals surface area contributed by atoms with E-state index in [0.717, 1.165) is 19.1 Å². The van der Waals surface area contributed by atoms with Gasteiger partial charge in [0.2, 0.25) is 10.0 Å². The lowest BCUT2D eigenvalue weighted by molar-refractivity contribution is -0.117. The Kier molecular flexibility index (Phi) is 4.39. The van der Waals surface area contributed by atoms with Crippen molar-refractivity contribution < 1.29 is 17.9 Å². The van der Waals surface area contributed by atoms with Crippen molar-refractivity contribution in [1.82, 2.24) is 14.6 Å². The molecule has 0 bridgehead atoms. The van der Waals surface area contributed by atoms with Crippen molar-refractivity contribution >= 4 is 15.9 Å². The van der Waals surface area contributed by atoms with Gasteiger partial charge in [-0.05, 0) is 30.9 Å². The van der Waals surface area contributed by atoms with Gasteiger partial charge in [0.1, 0.15) is 5.60 Å². The molecule has 0 saturated carbocycles. The zero-order chi connectivity index (χ0) is 16.5. The molecule has 2 fully saturated rings. The molecule has 0 radical (unpaired) electrons. The molecule has 7 nitrogen and oxygen atoms in total. The summed E-state index contributed by atoms with van der Waals surface area (Å²) in [6.07, 6.45) is 5.99. The Balaban J connectivity index is 1.56. The predicted molar refractivity (Wildman–Crippen MR) is 84.4 cm³/mol. The van der Waals surface area contributed by atoms with E-state index in [-0.39, 0.29) is 17.4 Å². The van der Waals surface area contributed by atoms with E-state index in [1.165, 1.54) is 0 Å². The molecule has 3 heterocycles. The maximum atomic E-state index is 12.4. The van der Waals surface area contributed by atoms with E-state index in [4.69, 9.17) is 4.74 Å². The standard InChI is InChI=1S/C15H21N3O4S/c1-23(20,21)17-7-4-13-5-8-22-15(13)10-18(11-15)14(19)12-3-2-6-16-9-12/h2-3,6,9,13,17H,4-5,7-8,10-11H2,1H3/t13-/m0/s1. The smallest absolute Gasteiger partial charge is 0.255 e. The van der Waals surface area contributed by atoms with E-state index in [2.05, 4.69) is 9.71 Å². The maximum Gasteiger partial charge on any atom is 0.255 e. The van der Waals surface area contributed by atoms with Crippen LogP contribution in [-0.4, -0.2) is 62.3 Å². The highest BCUT2D eigenvalue weighted by Gasteiger charge is 2.54. The van der Waals surface area contributed by atoms with E-state index >= 15 is 0 Å². The Morgan fingerprint density at radius 3 is 2.96 bits per heavy atom. The van der Waals surface area contributed by atoms with Crippen molar-refractivity contribution in [3.05, 3.63) is 30.1 Å². The molecule has 1 atom stereocenters. The van der Waals surface area contributed by atoms with Gasteiger partial charge in [-0.15, -0.1) is 0 Å². The number of amides is 1. The van der Waals surface area contributed by atoms with Crippen LogP contribution in [0.25, 0.3) is 0 Å². The maximum absolute atomic E-state index is 12.4. The van der Waals surface area contributed by atoms with Crippen molar-refractivity contribution in [1.29, 1.82) is 0 Å². The van der Waals surface area contributed by atoms with Crippen molar-refractivity contribution in [2.75, 3.05) is 32.5 Å². The van der Waals surface area contributed by atoms with Crippen LogP contribution in [0.2, 0.25) is 0 Å². The zero-order valence-corrected chi connectivity index (χ0v) is 13.9. The molecule has 1 aromatic rings. The van der Waals surface area contributed by atoms with Crippen molar-refractivity contribution in [3.63, 3.8) is 0 Å². The van der Waals surface area contributed by atoms with E-state index in [0.29, 0.717) is 31.8 Å². The summed E-state index contributed by atoms with van der Waals surface area (Å²) in [6, 6.07) is 3.50. The molecule has 1 aromatic heterocycles. The van der Waals surface area contributed by atoms with E-state index in [1.54, 1.807) is 29.4 Å². The molecule has 0 aliphatic carbocycles. The average Bonchev–Trinajstić information content (AvgIpc) is 2.88. The van der Waals surface area contributed by atoms with E-state index in [9.17, 15) is 13.2 Å². The summed E-state index contributed by atoms with van der Waals surface area (Å²) in [6.45, 7) is 2.19. The number of carbonyl (C=O) groups excluding carboxylic acids is 1. The molecular weight excluding hydrogens is 318 g/mol. The van der Waals surface area contributed by atoms with Crippen LogP contribution >= 0.6 is 0 Å². The van der Waals surface area contributed by atoms with Gasteiger partial charge in [0.25, 0.3) is 5.91 Å². The van der Waals surface area contributed by atoms with Gasteiger partial charge in [-0.1, -0.05) is 0 Å². The fraction of sp³-hybridized carbons (Fsp3) is 0.600.